The molecule has 0 radical (unpaired) electrons. The van der Waals surface area contributed by atoms with Gasteiger partial charge in [-0.1, -0.05) is 72.3 Å². The molecular weight excluding hydrogens is 488 g/mol. The van der Waals surface area contributed by atoms with Crippen LogP contribution in [0.2, 0.25) is 5.02 Å². The number of carbonyl (C=O) groups excluding carboxylic acids is 2. The van der Waals surface area contributed by atoms with Crippen molar-refractivity contribution < 1.29 is 14.0 Å². The normalized spacial score (nSPS) is 10.7. The van der Waals surface area contributed by atoms with Crippen LogP contribution in [-0.4, -0.2) is 32.8 Å². The summed E-state index contributed by atoms with van der Waals surface area (Å²) < 4.78 is 7.25. The summed E-state index contributed by atoms with van der Waals surface area (Å²) in [6.45, 7) is -0.125. The molecule has 0 unspecified atom stereocenters. The van der Waals surface area contributed by atoms with E-state index in [0.717, 1.165) is 11.3 Å². The quantitative estimate of drug-likeness (QED) is 0.275. The molecule has 5 aromatic rings. The lowest BCUT2D eigenvalue weighted by Crippen LogP contribution is -2.38. The van der Waals surface area contributed by atoms with Gasteiger partial charge in [-0.25, -0.2) is 4.98 Å². The molecule has 2 aromatic heterocycles. The Labute approximate surface area is 218 Å². The molecule has 8 heteroatoms. The molecular formula is C29H23ClN4O3. The van der Waals surface area contributed by atoms with Gasteiger partial charge in [-0.15, -0.1) is 0 Å². The number of para-hydroxylation sites is 1. The highest BCUT2D eigenvalue weighted by Gasteiger charge is 2.23. The zero-order valence-electron chi connectivity index (χ0n) is 19.8. The van der Waals surface area contributed by atoms with Crippen molar-refractivity contribution in [3.63, 3.8) is 0 Å². The number of carbonyl (C=O) groups is 2. The maximum Gasteiger partial charge on any atom is 0.256 e. The summed E-state index contributed by atoms with van der Waals surface area (Å²) in [4.78, 5) is 32.7. The molecule has 1 N–H and O–H groups in total. The Morgan fingerprint density at radius 1 is 0.892 bits per heavy atom. The maximum atomic E-state index is 13.4. The van der Waals surface area contributed by atoms with Gasteiger partial charge in [0.1, 0.15) is 12.3 Å². The number of furan rings is 1. The number of anilines is 1. The molecule has 184 valence electrons. The molecule has 0 saturated carbocycles. The number of halogens is 1. The molecule has 0 atom stereocenters. The molecule has 0 aliphatic rings. The summed E-state index contributed by atoms with van der Waals surface area (Å²) in [5.74, 6) is 0.103. The van der Waals surface area contributed by atoms with E-state index in [9.17, 15) is 9.59 Å². The minimum Gasteiger partial charge on any atom is -0.467 e. The van der Waals surface area contributed by atoms with Gasteiger partial charge in [0.15, 0.2) is 0 Å². The molecule has 7 nitrogen and oxygen atoms in total. The average molecular weight is 511 g/mol. The Morgan fingerprint density at radius 3 is 2.30 bits per heavy atom. The number of nitrogens with zero attached hydrogens (tertiary/aromatic N) is 3. The molecule has 0 saturated heterocycles. The lowest BCUT2D eigenvalue weighted by molar-refractivity contribution is -0.117. The van der Waals surface area contributed by atoms with Crippen molar-refractivity contribution in [3.05, 3.63) is 126 Å². The largest absolute Gasteiger partial charge is 0.467 e. The van der Waals surface area contributed by atoms with E-state index in [2.05, 4.69) is 10.3 Å². The zero-order valence-corrected chi connectivity index (χ0v) is 20.5. The summed E-state index contributed by atoms with van der Waals surface area (Å²) in [6, 6.07) is 29.5. The molecule has 5 rings (SSSR count). The number of aromatic nitrogens is 2. The first-order chi connectivity index (χ1) is 18.1. The van der Waals surface area contributed by atoms with Crippen LogP contribution in [-0.2, 0) is 11.3 Å². The first-order valence-corrected chi connectivity index (χ1v) is 12.0. The average Bonchev–Trinajstić information content (AvgIpc) is 3.59. The number of hydrogen-bond donors (Lipinski definition) is 1. The van der Waals surface area contributed by atoms with E-state index in [1.807, 2.05) is 71.4 Å². The van der Waals surface area contributed by atoms with Crippen molar-refractivity contribution in [2.45, 2.75) is 6.54 Å². The Morgan fingerprint density at radius 2 is 1.59 bits per heavy atom. The molecule has 0 aliphatic heterocycles. The highest BCUT2D eigenvalue weighted by molar-refractivity contribution is 6.33. The van der Waals surface area contributed by atoms with Crippen LogP contribution in [0, 0.1) is 0 Å². The fraction of sp³-hybridized carbons (Fsp3) is 0.0690. The molecule has 0 aliphatic carbocycles. The molecule has 0 fully saturated rings. The monoisotopic (exact) mass is 510 g/mol. The van der Waals surface area contributed by atoms with Gasteiger partial charge in [0.25, 0.3) is 5.91 Å². The van der Waals surface area contributed by atoms with Crippen molar-refractivity contribution in [1.82, 2.24) is 14.5 Å². The third-order valence-electron chi connectivity index (χ3n) is 5.71. The number of nitrogens with one attached hydrogen (secondary N) is 1. The van der Waals surface area contributed by atoms with Gasteiger partial charge in [-0.05, 0) is 36.4 Å². The third-order valence-corrected chi connectivity index (χ3v) is 6.04. The predicted octanol–water partition coefficient (Wildman–Crippen LogP) is 6.07. The van der Waals surface area contributed by atoms with E-state index < -0.39 is 5.91 Å². The van der Waals surface area contributed by atoms with Crippen LogP contribution in [0.3, 0.4) is 0 Å². The Balaban J connectivity index is 1.43. The summed E-state index contributed by atoms with van der Waals surface area (Å²) in [6.07, 6.45) is 3.39. The minimum atomic E-state index is -0.408. The van der Waals surface area contributed by atoms with E-state index in [1.54, 1.807) is 36.4 Å². The maximum absolute atomic E-state index is 13.4. The number of imidazole rings is 1. The lowest BCUT2D eigenvalue weighted by atomic mass is 10.2. The smallest absolute Gasteiger partial charge is 0.256 e. The zero-order chi connectivity index (χ0) is 25.6. The number of hydrogen-bond acceptors (Lipinski definition) is 4. The van der Waals surface area contributed by atoms with Gasteiger partial charge in [-0.3, -0.25) is 19.5 Å². The molecule has 0 bridgehead atoms. The summed E-state index contributed by atoms with van der Waals surface area (Å²) in [7, 11) is 0. The number of rotatable bonds is 8. The predicted molar refractivity (Wildman–Crippen MR) is 143 cm³/mol. The first kappa shape index (κ1) is 24.1. The minimum absolute atomic E-state index is 0.104. The van der Waals surface area contributed by atoms with Gasteiger partial charge in [0.05, 0.1) is 29.1 Å². The van der Waals surface area contributed by atoms with Crippen LogP contribution in [0.15, 0.2) is 114 Å². The van der Waals surface area contributed by atoms with E-state index in [1.165, 1.54) is 11.2 Å². The fourth-order valence-electron chi connectivity index (χ4n) is 3.93. The molecule has 2 heterocycles. The second-order valence-corrected chi connectivity index (χ2v) is 8.70. The van der Waals surface area contributed by atoms with Crippen LogP contribution in [0.5, 0.6) is 0 Å². The van der Waals surface area contributed by atoms with Gasteiger partial charge in [-0.2, -0.15) is 0 Å². The molecule has 0 spiro atoms. The highest BCUT2D eigenvalue weighted by Crippen LogP contribution is 2.24. The first-order valence-electron chi connectivity index (χ1n) is 11.6. The van der Waals surface area contributed by atoms with Gasteiger partial charge < -0.3 is 9.32 Å². The molecule has 37 heavy (non-hydrogen) atoms. The van der Waals surface area contributed by atoms with Gasteiger partial charge >= 0.3 is 0 Å². The van der Waals surface area contributed by atoms with Crippen LogP contribution in [0.25, 0.3) is 16.9 Å². The Hall–Kier alpha value is -4.62. The van der Waals surface area contributed by atoms with Crippen LogP contribution in [0.1, 0.15) is 16.1 Å². The molecule has 2 amide bonds. The van der Waals surface area contributed by atoms with Crippen LogP contribution >= 0.6 is 11.6 Å². The van der Waals surface area contributed by atoms with Crippen molar-refractivity contribution in [2.75, 3.05) is 11.9 Å². The van der Waals surface area contributed by atoms with Gasteiger partial charge in [0.2, 0.25) is 11.9 Å². The number of benzene rings is 3. The fourth-order valence-corrected chi connectivity index (χ4v) is 4.15. The van der Waals surface area contributed by atoms with Crippen molar-refractivity contribution in [3.8, 4) is 16.9 Å². The highest BCUT2D eigenvalue weighted by atomic mass is 35.5. The Bertz CT molecular complexity index is 1500. The van der Waals surface area contributed by atoms with E-state index in [-0.39, 0.29) is 19.0 Å². The van der Waals surface area contributed by atoms with Crippen molar-refractivity contribution in [2.24, 2.45) is 0 Å². The summed E-state index contributed by atoms with van der Waals surface area (Å²) in [5, 5.41) is 3.20. The number of amides is 2. The molecule has 3 aromatic carbocycles. The SMILES string of the molecule is O=C(CN(Cc1ccco1)C(=O)c1ccccc1Cl)Nc1nc(-c2ccccc2)cn1-c1ccccc1. The van der Waals surface area contributed by atoms with Gasteiger partial charge in [0, 0.05) is 17.4 Å². The van der Waals surface area contributed by atoms with E-state index in [4.69, 9.17) is 16.0 Å². The van der Waals surface area contributed by atoms with Crippen LogP contribution < -0.4 is 5.32 Å². The van der Waals surface area contributed by atoms with Crippen molar-refractivity contribution >= 4 is 29.4 Å². The van der Waals surface area contributed by atoms with Crippen molar-refractivity contribution in [1.29, 1.82) is 0 Å². The lowest BCUT2D eigenvalue weighted by Gasteiger charge is -2.22. The second kappa shape index (κ2) is 11.0. The Kier molecular flexibility index (Phi) is 7.14. The van der Waals surface area contributed by atoms with Crippen LogP contribution in [0.4, 0.5) is 5.95 Å². The summed E-state index contributed by atoms with van der Waals surface area (Å²) >= 11 is 6.28. The topological polar surface area (TPSA) is 80.4 Å². The standard InChI is InChI=1S/C29H23ClN4O3/c30-25-16-8-7-15-24(25)28(36)33(18-23-14-9-17-37-23)20-27(35)32-29-31-26(21-10-3-1-4-11-21)19-34(29)22-12-5-2-6-13-22/h1-17,19H,18,20H2,(H,31,32,35). The summed E-state index contributed by atoms with van der Waals surface area (Å²) in [5.41, 5.74) is 2.77. The van der Waals surface area contributed by atoms with E-state index >= 15 is 0 Å². The third kappa shape index (κ3) is 5.63. The van der Waals surface area contributed by atoms with E-state index in [0.29, 0.717) is 28.0 Å². The second-order valence-electron chi connectivity index (χ2n) is 8.29.